The Morgan fingerprint density at radius 3 is 2.78 bits per heavy atom. The van der Waals surface area contributed by atoms with E-state index in [2.05, 4.69) is 0 Å². The maximum Gasteiger partial charge on any atom is 0.153 e. The molecule has 0 aliphatic heterocycles. The van der Waals surface area contributed by atoms with E-state index in [0.29, 0.717) is 24.7 Å². The van der Waals surface area contributed by atoms with Crippen LogP contribution in [0.5, 0.6) is 0 Å². The molecular weight excluding hydrogens is 297 g/mol. The molecule has 0 heterocycles. The first-order valence-electron chi connectivity index (χ1n) is 7.30. The van der Waals surface area contributed by atoms with Gasteiger partial charge in [0.05, 0.1) is 5.57 Å². The van der Waals surface area contributed by atoms with Crippen molar-refractivity contribution in [3.8, 4) is 0 Å². The van der Waals surface area contributed by atoms with E-state index in [4.69, 9.17) is 10.5 Å². The molecule has 1 aliphatic rings. The van der Waals surface area contributed by atoms with Gasteiger partial charge in [-0.15, -0.1) is 0 Å². The predicted octanol–water partition coefficient (Wildman–Crippen LogP) is 4.26. The molecule has 1 rings (SSSR count). The second-order valence-corrected chi connectivity index (χ2v) is 5.15. The third kappa shape index (κ3) is 6.38. The SMILES string of the molecule is C/C(=C\C=C/N)C/C(O/C1=C/C=C(/F)CCC=C1C=O)=C(/C)O. The molecule has 0 saturated carbocycles. The fourth-order valence-corrected chi connectivity index (χ4v) is 1.91. The molecule has 23 heavy (non-hydrogen) atoms. The molecule has 0 aromatic heterocycles. The average molecular weight is 319 g/mol. The minimum Gasteiger partial charge on any atom is -0.509 e. The van der Waals surface area contributed by atoms with E-state index in [1.807, 2.05) is 6.92 Å². The highest BCUT2D eigenvalue weighted by Gasteiger charge is 2.13. The van der Waals surface area contributed by atoms with Crippen LogP contribution in [0.25, 0.3) is 0 Å². The molecule has 0 aromatic carbocycles. The molecule has 0 fully saturated rings. The zero-order valence-corrected chi connectivity index (χ0v) is 13.4. The Balaban J connectivity index is 3.06. The Morgan fingerprint density at radius 2 is 2.17 bits per heavy atom. The Hall–Kier alpha value is -2.56. The summed E-state index contributed by atoms with van der Waals surface area (Å²) in [5.74, 6) is 0.202. The number of carbonyl (C=O) groups excluding carboxylic acids is 1. The number of allylic oxidation sites excluding steroid dienone is 9. The van der Waals surface area contributed by atoms with Crippen molar-refractivity contribution in [2.24, 2.45) is 5.73 Å². The van der Waals surface area contributed by atoms with Gasteiger partial charge < -0.3 is 15.6 Å². The van der Waals surface area contributed by atoms with Crippen LogP contribution in [0, 0.1) is 0 Å². The fourth-order valence-electron chi connectivity index (χ4n) is 1.91. The zero-order valence-electron chi connectivity index (χ0n) is 13.4. The number of hydrogen-bond acceptors (Lipinski definition) is 4. The Labute approximate surface area is 135 Å². The van der Waals surface area contributed by atoms with Crippen molar-refractivity contribution in [1.82, 2.24) is 0 Å². The maximum absolute atomic E-state index is 13.4. The van der Waals surface area contributed by atoms with Crippen molar-refractivity contribution in [3.05, 3.63) is 70.8 Å². The highest BCUT2D eigenvalue weighted by molar-refractivity contribution is 5.79. The standard InChI is InChI=1S/C18H22FNO3/c1-13(5-4-10-20)11-18(14(2)22)23-17-9-8-16(19)7-3-6-15(17)12-21/h4-6,8-10,12,22H,3,7,11,20H2,1-2H3/b10-4-,13-5+,15-6?,16-8+,17-9+,18-14+. The third-order valence-corrected chi connectivity index (χ3v) is 3.14. The van der Waals surface area contributed by atoms with Gasteiger partial charge in [0.15, 0.2) is 6.29 Å². The number of rotatable bonds is 6. The van der Waals surface area contributed by atoms with E-state index >= 15 is 0 Å². The summed E-state index contributed by atoms with van der Waals surface area (Å²) >= 11 is 0. The number of aliphatic hydroxyl groups excluding tert-OH is 1. The van der Waals surface area contributed by atoms with E-state index in [9.17, 15) is 14.3 Å². The van der Waals surface area contributed by atoms with Gasteiger partial charge in [0.1, 0.15) is 23.1 Å². The molecule has 0 saturated heterocycles. The van der Waals surface area contributed by atoms with E-state index in [0.717, 1.165) is 5.57 Å². The summed E-state index contributed by atoms with van der Waals surface area (Å²) in [6, 6.07) is 0. The summed E-state index contributed by atoms with van der Waals surface area (Å²) < 4.78 is 19.1. The van der Waals surface area contributed by atoms with Crippen LogP contribution in [0.4, 0.5) is 4.39 Å². The number of nitrogens with two attached hydrogens (primary N) is 1. The van der Waals surface area contributed by atoms with Crippen LogP contribution in [-0.4, -0.2) is 11.4 Å². The summed E-state index contributed by atoms with van der Waals surface area (Å²) in [6.07, 6.45) is 10.8. The first-order valence-corrected chi connectivity index (χ1v) is 7.30. The Morgan fingerprint density at radius 1 is 1.43 bits per heavy atom. The molecule has 124 valence electrons. The lowest BCUT2D eigenvalue weighted by molar-refractivity contribution is -0.105. The molecule has 3 N–H and O–H groups in total. The van der Waals surface area contributed by atoms with Crippen molar-refractivity contribution >= 4 is 6.29 Å². The van der Waals surface area contributed by atoms with Crippen molar-refractivity contribution in [2.45, 2.75) is 33.1 Å². The summed E-state index contributed by atoms with van der Waals surface area (Å²) in [5, 5.41) is 9.81. The number of carbonyl (C=O) groups is 1. The first kappa shape index (κ1) is 18.5. The summed E-state index contributed by atoms with van der Waals surface area (Å²) in [4.78, 5) is 11.2. The number of aldehydes is 1. The maximum atomic E-state index is 13.4. The Kier molecular flexibility index (Phi) is 7.60. The molecule has 0 aromatic rings. The van der Waals surface area contributed by atoms with Crippen molar-refractivity contribution in [1.29, 1.82) is 0 Å². The van der Waals surface area contributed by atoms with Crippen LogP contribution in [-0.2, 0) is 9.53 Å². The van der Waals surface area contributed by atoms with Gasteiger partial charge in [-0.3, -0.25) is 4.79 Å². The minimum absolute atomic E-state index is 0.00728. The van der Waals surface area contributed by atoms with Gasteiger partial charge >= 0.3 is 0 Å². The van der Waals surface area contributed by atoms with Gasteiger partial charge in [-0.1, -0.05) is 17.7 Å². The van der Waals surface area contributed by atoms with Gasteiger partial charge in [0.25, 0.3) is 0 Å². The highest BCUT2D eigenvalue weighted by Crippen LogP contribution is 2.24. The van der Waals surface area contributed by atoms with Gasteiger partial charge in [0, 0.05) is 12.8 Å². The molecule has 0 unspecified atom stereocenters. The fraction of sp³-hybridized carbons (Fsp3) is 0.278. The van der Waals surface area contributed by atoms with Gasteiger partial charge in [-0.2, -0.15) is 0 Å². The quantitative estimate of drug-likeness (QED) is 0.436. The topological polar surface area (TPSA) is 72.5 Å². The molecule has 5 heteroatoms. The van der Waals surface area contributed by atoms with Crippen molar-refractivity contribution in [2.75, 3.05) is 0 Å². The summed E-state index contributed by atoms with van der Waals surface area (Å²) in [5.41, 5.74) is 6.52. The van der Waals surface area contributed by atoms with Crippen LogP contribution in [0.3, 0.4) is 0 Å². The first-order chi connectivity index (χ1) is 11.0. The zero-order chi connectivity index (χ0) is 17.2. The largest absolute Gasteiger partial charge is 0.509 e. The molecule has 1 aliphatic carbocycles. The average Bonchev–Trinajstić information content (AvgIpc) is 2.50. The van der Waals surface area contributed by atoms with Gasteiger partial charge in [-0.05, 0) is 44.7 Å². The van der Waals surface area contributed by atoms with E-state index < -0.39 is 0 Å². The van der Waals surface area contributed by atoms with Crippen LogP contribution in [0.2, 0.25) is 0 Å². The highest BCUT2D eigenvalue weighted by atomic mass is 19.1. The van der Waals surface area contributed by atoms with Gasteiger partial charge in [-0.25, -0.2) is 4.39 Å². The van der Waals surface area contributed by atoms with Crippen LogP contribution in [0.1, 0.15) is 33.1 Å². The van der Waals surface area contributed by atoms with Crippen LogP contribution < -0.4 is 5.73 Å². The van der Waals surface area contributed by atoms with E-state index in [-0.39, 0.29) is 29.5 Å². The Bertz CT molecular complexity index is 618. The smallest absolute Gasteiger partial charge is 0.153 e. The molecule has 0 radical (unpaired) electrons. The summed E-state index contributed by atoms with van der Waals surface area (Å²) in [6.45, 7) is 3.35. The van der Waals surface area contributed by atoms with Crippen LogP contribution in [0.15, 0.2) is 70.8 Å². The van der Waals surface area contributed by atoms with E-state index in [1.165, 1.54) is 25.3 Å². The molecule has 0 amide bonds. The van der Waals surface area contributed by atoms with Gasteiger partial charge in [0.2, 0.25) is 0 Å². The number of aliphatic hydroxyl groups is 1. The lowest BCUT2D eigenvalue weighted by Gasteiger charge is -2.15. The monoisotopic (exact) mass is 319 g/mol. The molecule has 0 atom stereocenters. The molecule has 0 bridgehead atoms. The third-order valence-electron chi connectivity index (χ3n) is 3.14. The second kappa shape index (κ2) is 9.46. The number of halogens is 1. The molecule has 0 spiro atoms. The molecule has 4 nitrogen and oxygen atoms in total. The number of hydrogen-bond donors (Lipinski definition) is 2. The molecular formula is C18H22FNO3. The lowest BCUT2D eigenvalue weighted by Crippen LogP contribution is -2.02. The predicted molar refractivity (Wildman–Crippen MR) is 88.8 cm³/mol. The van der Waals surface area contributed by atoms with E-state index in [1.54, 1.807) is 18.2 Å². The summed E-state index contributed by atoms with van der Waals surface area (Å²) in [7, 11) is 0. The normalized spacial score (nSPS) is 22.0. The second-order valence-electron chi connectivity index (χ2n) is 5.15. The van der Waals surface area contributed by atoms with Crippen molar-refractivity contribution in [3.63, 3.8) is 0 Å². The van der Waals surface area contributed by atoms with Crippen molar-refractivity contribution < 1.29 is 19.0 Å². The lowest BCUT2D eigenvalue weighted by atomic mass is 10.1. The van der Waals surface area contributed by atoms with Crippen LogP contribution >= 0.6 is 0 Å². The minimum atomic E-state index is -0.289. The number of ether oxygens (including phenoxy) is 1.